The number of hydrogen-bond donors (Lipinski definition) is 1. The molecule has 0 fully saturated rings. The molecule has 1 aromatic heterocycles. The number of nitrogens with zero attached hydrogens (tertiary/aromatic N) is 2. The largest absolute Gasteiger partial charge is 0.497 e. The SMILES string of the molecule is COc1ccc(S(=O)(=O)NCc2nc(-c3ccc(C)cc3)no2)c(C)c1. The van der Waals surface area contributed by atoms with Crippen LogP contribution in [0.2, 0.25) is 0 Å². The van der Waals surface area contributed by atoms with E-state index in [0.29, 0.717) is 17.1 Å². The number of methoxy groups -OCH3 is 1. The van der Waals surface area contributed by atoms with Crippen molar-refractivity contribution < 1.29 is 17.7 Å². The number of nitrogens with one attached hydrogen (secondary N) is 1. The third-order valence-electron chi connectivity index (χ3n) is 3.86. The van der Waals surface area contributed by atoms with Crippen LogP contribution in [0.4, 0.5) is 0 Å². The zero-order valence-corrected chi connectivity index (χ0v) is 15.5. The van der Waals surface area contributed by atoms with E-state index in [-0.39, 0.29) is 17.3 Å². The van der Waals surface area contributed by atoms with Gasteiger partial charge in [-0.1, -0.05) is 35.0 Å². The van der Waals surface area contributed by atoms with E-state index >= 15 is 0 Å². The van der Waals surface area contributed by atoms with E-state index in [4.69, 9.17) is 9.26 Å². The van der Waals surface area contributed by atoms with E-state index in [1.54, 1.807) is 19.1 Å². The summed E-state index contributed by atoms with van der Waals surface area (Å²) in [6.07, 6.45) is 0. The van der Waals surface area contributed by atoms with Crippen LogP contribution in [0.5, 0.6) is 5.75 Å². The Morgan fingerprint density at radius 2 is 1.85 bits per heavy atom. The Kier molecular flexibility index (Phi) is 5.06. The Labute approximate surface area is 152 Å². The second-order valence-electron chi connectivity index (χ2n) is 5.83. The number of ether oxygens (including phenoxy) is 1. The number of hydrogen-bond acceptors (Lipinski definition) is 6. The standard InChI is InChI=1S/C18H19N3O4S/c1-12-4-6-14(7-5-12)18-20-17(25-21-18)11-19-26(22,23)16-9-8-15(24-3)10-13(16)2/h4-10,19H,11H2,1-3H3. The number of rotatable bonds is 6. The first-order valence-corrected chi connectivity index (χ1v) is 9.41. The van der Waals surface area contributed by atoms with E-state index < -0.39 is 10.0 Å². The minimum absolute atomic E-state index is 0.0906. The fraction of sp³-hybridized carbons (Fsp3) is 0.222. The van der Waals surface area contributed by atoms with Crippen molar-refractivity contribution in [2.75, 3.05) is 7.11 Å². The van der Waals surface area contributed by atoms with Gasteiger partial charge in [-0.2, -0.15) is 4.98 Å². The van der Waals surface area contributed by atoms with Crippen LogP contribution in [0.15, 0.2) is 51.9 Å². The van der Waals surface area contributed by atoms with Gasteiger partial charge in [0.15, 0.2) is 0 Å². The van der Waals surface area contributed by atoms with Gasteiger partial charge in [0.05, 0.1) is 18.6 Å². The molecule has 0 aliphatic rings. The molecule has 3 rings (SSSR count). The van der Waals surface area contributed by atoms with Crippen LogP contribution < -0.4 is 9.46 Å². The molecule has 3 aromatic rings. The maximum atomic E-state index is 12.5. The second-order valence-corrected chi connectivity index (χ2v) is 7.57. The van der Waals surface area contributed by atoms with Crippen LogP contribution in [0, 0.1) is 13.8 Å². The average molecular weight is 373 g/mol. The molecule has 0 bridgehead atoms. The molecule has 136 valence electrons. The third kappa shape index (κ3) is 3.92. The molecule has 8 heteroatoms. The van der Waals surface area contributed by atoms with Gasteiger partial charge >= 0.3 is 0 Å². The van der Waals surface area contributed by atoms with Crippen LogP contribution in [0.25, 0.3) is 11.4 Å². The lowest BCUT2D eigenvalue weighted by atomic mass is 10.1. The molecule has 0 spiro atoms. The molecule has 0 unspecified atom stereocenters. The molecule has 2 aromatic carbocycles. The van der Waals surface area contributed by atoms with Gasteiger partial charge in [0.2, 0.25) is 21.7 Å². The summed E-state index contributed by atoms with van der Waals surface area (Å²) in [4.78, 5) is 4.41. The van der Waals surface area contributed by atoms with Crippen LogP contribution in [-0.2, 0) is 16.6 Å². The summed E-state index contributed by atoms with van der Waals surface area (Å²) in [5, 5.41) is 3.89. The van der Waals surface area contributed by atoms with Gasteiger partial charge in [-0.15, -0.1) is 0 Å². The number of aryl methyl sites for hydroxylation is 2. The van der Waals surface area contributed by atoms with Gasteiger partial charge in [0.1, 0.15) is 5.75 Å². The van der Waals surface area contributed by atoms with Crippen LogP contribution in [0.3, 0.4) is 0 Å². The summed E-state index contributed by atoms with van der Waals surface area (Å²) >= 11 is 0. The predicted molar refractivity (Wildman–Crippen MR) is 96.2 cm³/mol. The number of sulfonamides is 1. The highest BCUT2D eigenvalue weighted by Gasteiger charge is 2.19. The molecule has 0 aliphatic carbocycles. The van der Waals surface area contributed by atoms with Crippen molar-refractivity contribution in [3.8, 4) is 17.1 Å². The molecule has 7 nitrogen and oxygen atoms in total. The summed E-state index contributed by atoms with van der Waals surface area (Å²) in [6, 6.07) is 12.4. The molecule has 0 radical (unpaired) electrons. The van der Waals surface area contributed by atoms with E-state index in [2.05, 4.69) is 14.9 Å². The number of aromatic nitrogens is 2. The topological polar surface area (TPSA) is 94.3 Å². The summed E-state index contributed by atoms with van der Waals surface area (Å²) in [6.45, 7) is 3.60. The molecule has 0 amide bonds. The van der Waals surface area contributed by atoms with Crippen molar-refractivity contribution in [1.82, 2.24) is 14.9 Å². The Morgan fingerprint density at radius 3 is 2.50 bits per heavy atom. The first kappa shape index (κ1) is 18.1. The van der Waals surface area contributed by atoms with Crippen molar-refractivity contribution >= 4 is 10.0 Å². The van der Waals surface area contributed by atoms with E-state index in [9.17, 15) is 8.42 Å². The molecule has 0 saturated heterocycles. The van der Waals surface area contributed by atoms with Crippen molar-refractivity contribution in [2.45, 2.75) is 25.3 Å². The molecule has 0 aliphatic heterocycles. The maximum absolute atomic E-state index is 12.5. The third-order valence-corrected chi connectivity index (χ3v) is 5.42. The van der Waals surface area contributed by atoms with Crippen LogP contribution in [0.1, 0.15) is 17.0 Å². The summed E-state index contributed by atoms with van der Waals surface area (Å²) in [5.41, 5.74) is 2.52. The van der Waals surface area contributed by atoms with Gasteiger partial charge in [0.25, 0.3) is 0 Å². The van der Waals surface area contributed by atoms with Crippen LogP contribution >= 0.6 is 0 Å². The van der Waals surface area contributed by atoms with Gasteiger partial charge in [-0.3, -0.25) is 0 Å². The lowest BCUT2D eigenvalue weighted by Gasteiger charge is -2.09. The summed E-state index contributed by atoms with van der Waals surface area (Å²) < 4.78 is 37.7. The Bertz CT molecular complexity index is 1010. The van der Waals surface area contributed by atoms with Crippen molar-refractivity contribution in [1.29, 1.82) is 0 Å². The zero-order valence-electron chi connectivity index (χ0n) is 14.7. The van der Waals surface area contributed by atoms with Gasteiger partial charge < -0.3 is 9.26 Å². The van der Waals surface area contributed by atoms with Gasteiger partial charge in [-0.05, 0) is 37.6 Å². The minimum atomic E-state index is -3.71. The molecule has 0 saturated carbocycles. The molecular weight excluding hydrogens is 354 g/mol. The first-order chi connectivity index (χ1) is 12.4. The highest BCUT2D eigenvalue weighted by atomic mass is 32.2. The van der Waals surface area contributed by atoms with Crippen molar-refractivity contribution in [2.24, 2.45) is 0 Å². The smallest absolute Gasteiger partial charge is 0.242 e. The van der Waals surface area contributed by atoms with Gasteiger partial charge in [0, 0.05) is 5.56 Å². The monoisotopic (exact) mass is 373 g/mol. The predicted octanol–water partition coefficient (Wildman–Crippen LogP) is 2.84. The number of benzene rings is 2. The lowest BCUT2D eigenvalue weighted by molar-refractivity contribution is 0.376. The average Bonchev–Trinajstić information content (AvgIpc) is 3.09. The molecule has 26 heavy (non-hydrogen) atoms. The highest BCUT2D eigenvalue weighted by molar-refractivity contribution is 7.89. The molecular formula is C18H19N3O4S. The highest BCUT2D eigenvalue weighted by Crippen LogP contribution is 2.21. The van der Waals surface area contributed by atoms with E-state index in [1.165, 1.54) is 13.2 Å². The van der Waals surface area contributed by atoms with Crippen LogP contribution in [-0.4, -0.2) is 25.7 Å². The maximum Gasteiger partial charge on any atom is 0.242 e. The zero-order chi connectivity index (χ0) is 18.7. The Hall–Kier alpha value is -2.71. The summed E-state index contributed by atoms with van der Waals surface area (Å²) in [7, 11) is -2.18. The first-order valence-electron chi connectivity index (χ1n) is 7.93. The fourth-order valence-corrected chi connectivity index (χ4v) is 3.63. The fourth-order valence-electron chi connectivity index (χ4n) is 2.43. The second kappa shape index (κ2) is 7.27. The van der Waals surface area contributed by atoms with Crippen molar-refractivity contribution in [3.05, 3.63) is 59.5 Å². The van der Waals surface area contributed by atoms with E-state index in [0.717, 1.165) is 11.1 Å². The Morgan fingerprint density at radius 1 is 1.12 bits per heavy atom. The minimum Gasteiger partial charge on any atom is -0.497 e. The molecule has 1 heterocycles. The van der Waals surface area contributed by atoms with Gasteiger partial charge in [-0.25, -0.2) is 13.1 Å². The molecule has 0 atom stereocenters. The van der Waals surface area contributed by atoms with E-state index in [1.807, 2.05) is 31.2 Å². The Balaban J connectivity index is 1.73. The molecule has 1 N–H and O–H groups in total. The quantitative estimate of drug-likeness (QED) is 0.714. The lowest BCUT2D eigenvalue weighted by Crippen LogP contribution is -2.24. The normalized spacial score (nSPS) is 11.5. The van der Waals surface area contributed by atoms with Crippen molar-refractivity contribution in [3.63, 3.8) is 0 Å². The summed E-state index contributed by atoms with van der Waals surface area (Å²) in [5.74, 6) is 1.20.